The highest BCUT2D eigenvalue weighted by molar-refractivity contribution is 7.99. The molecule has 1 aromatic heterocycles. The number of nitrogens with zero attached hydrogens (tertiary/aromatic N) is 4. The second-order valence-corrected chi connectivity index (χ2v) is 7.13. The lowest BCUT2D eigenvalue weighted by Gasteiger charge is -2.33. The van der Waals surface area contributed by atoms with Gasteiger partial charge in [0.1, 0.15) is 12.4 Å². The zero-order valence-electron chi connectivity index (χ0n) is 13.5. The predicted molar refractivity (Wildman–Crippen MR) is 95.6 cm³/mol. The first-order valence-corrected chi connectivity index (χ1v) is 9.30. The Balaban J connectivity index is 1.69. The van der Waals surface area contributed by atoms with Crippen LogP contribution in [0.1, 0.15) is 19.3 Å². The molecule has 7 nitrogen and oxygen atoms in total. The molecule has 2 heterocycles. The molecule has 1 fully saturated rings. The molecule has 0 radical (unpaired) electrons. The molecule has 3 rings (SSSR count). The number of halogens is 1. The van der Waals surface area contributed by atoms with E-state index in [4.69, 9.17) is 17.3 Å². The molecular formula is C16H18ClN5O2S. The molecule has 0 spiro atoms. The van der Waals surface area contributed by atoms with Gasteiger partial charge in [0.15, 0.2) is 5.16 Å². The Kier molecular flexibility index (Phi) is 5.60. The summed E-state index contributed by atoms with van der Waals surface area (Å²) in [4.78, 5) is 25.7. The van der Waals surface area contributed by atoms with Gasteiger partial charge in [0.05, 0.1) is 11.4 Å². The monoisotopic (exact) mass is 379 g/mol. The topological polar surface area (TPSA) is 94.1 Å². The lowest BCUT2D eigenvalue weighted by atomic mass is 10.0. The van der Waals surface area contributed by atoms with Crippen molar-refractivity contribution in [2.45, 2.75) is 30.5 Å². The van der Waals surface area contributed by atoms with Gasteiger partial charge in [-0.2, -0.15) is 0 Å². The number of amides is 2. The lowest BCUT2D eigenvalue weighted by molar-refractivity contribution is -0.138. The molecule has 0 saturated carbocycles. The second kappa shape index (κ2) is 7.88. The average Bonchev–Trinajstić information content (AvgIpc) is 3.08. The van der Waals surface area contributed by atoms with Crippen molar-refractivity contribution in [3.8, 4) is 5.69 Å². The molecule has 2 N–H and O–H groups in total. The number of carbonyl (C=O) groups excluding carboxylic acids is 2. The van der Waals surface area contributed by atoms with Gasteiger partial charge in [-0.3, -0.25) is 14.2 Å². The Morgan fingerprint density at radius 3 is 2.96 bits per heavy atom. The molecule has 132 valence electrons. The minimum atomic E-state index is -0.507. The summed E-state index contributed by atoms with van der Waals surface area (Å²) < 4.78 is 1.77. The SMILES string of the molecule is NC(=O)[C@@H]1CCCCN1C(=O)CSc1nncn1-c1cccc(Cl)c1. The van der Waals surface area contributed by atoms with Crippen LogP contribution in [0.2, 0.25) is 5.02 Å². The van der Waals surface area contributed by atoms with E-state index in [0.717, 1.165) is 18.5 Å². The summed E-state index contributed by atoms with van der Waals surface area (Å²) in [5, 5.41) is 9.17. The van der Waals surface area contributed by atoms with Crippen LogP contribution in [0.25, 0.3) is 5.69 Å². The van der Waals surface area contributed by atoms with E-state index < -0.39 is 11.9 Å². The highest BCUT2D eigenvalue weighted by Gasteiger charge is 2.30. The Morgan fingerprint density at radius 1 is 1.36 bits per heavy atom. The lowest BCUT2D eigenvalue weighted by Crippen LogP contribution is -2.51. The van der Waals surface area contributed by atoms with Gasteiger partial charge in [0, 0.05) is 11.6 Å². The standard InChI is InChI=1S/C16H18ClN5O2S/c17-11-4-3-5-12(8-11)22-10-19-20-16(22)25-9-14(23)21-7-2-1-6-13(21)15(18)24/h3-5,8,10,13H,1-2,6-7,9H2,(H2,18,24)/t13-/m0/s1. The fourth-order valence-corrected chi connectivity index (χ4v) is 3.86. The van der Waals surface area contributed by atoms with E-state index in [1.165, 1.54) is 11.8 Å². The molecule has 25 heavy (non-hydrogen) atoms. The van der Waals surface area contributed by atoms with Crippen LogP contribution in [0, 0.1) is 0 Å². The van der Waals surface area contributed by atoms with E-state index in [-0.39, 0.29) is 11.7 Å². The smallest absolute Gasteiger partial charge is 0.240 e. The zero-order valence-corrected chi connectivity index (χ0v) is 15.0. The van der Waals surface area contributed by atoms with Gasteiger partial charge in [-0.25, -0.2) is 0 Å². The van der Waals surface area contributed by atoms with Gasteiger partial charge in [-0.1, -0.05) is 29.4 Å². The van der Waals surface area contributed by atoms with Crippen molar-refractivity contribution in [1.82, 2.24) is 19.7 Å². The van der Waals surface area contributed by atoms with Crippen LogP contribution in [0.3, 0.4) is 0 Å². The number of primary amides is 1. The van der Waals surface area contributed by atoms with Gasteiger partial charge in [0.2, 0.25) is 11.8 Å². The molecule has 9 heteroatoms. The van der Waals surface area contributed by atoms with Gasteiger partial charge in [-0.15, -0.1) is 10.2 Å². The fraction of sp³-hybridized carbons (Fsp3) is 0.375. The summed E-state index contributed by atoms with van der Waals surface area (Å²) in [6.07, 6.45) is 4.00. The molecule has 1 saturated heterocycles. The third kappa shape index (κ3) is 4.13. The van der Waals surface area contributed by atoms with E-state index in [2.05, 4.69) is 10.2 Å². The van der Waals surface area contributed by atoms with E-state index in [9.17, 15) is 9.59 Å². The van der Waals surface area contributed by atoms with Crippen LogP contribution < -0.4 is 5.73 Å². The number of carbonyl (C=O) groups is 2. The number of aromatic nitrogens is 3. The minimum Gasteiger partial charge on any atom is -0.368 e. The first kappa shape index (κ1) is 17.8. The van der Waals surface area contributed by atoms with Crippen LogP contribution in [0.5, 0.6) is 0 Å². The van der Waals surface area contributed by atoms with Crippen molar-refractivity contribution in [3.05, 3.63) is 35.6 Å². The van der Waals surface area contributed by atoms with E-state index in [0.29, 0.717) is 23.1 Å². The number of benzene rings is 1. The van der Waals surface area contributed by atoms with Crippen LogP contribution in [-0.4, -0.2) is 49.8 Å². The molecule has 2 amide bonds. The summed E-state index contributed by atoms with van der Waals surface area (Å²) in [7, 11) is 0. The van der Waals surface area contributed by atoms with Crippen LogP contribution in [0.4, 0.5) is 0 Å². The van der Waals surface area contributed by atoms with Crippen LogP contribution in [0.15, 0.2) is 35.7 Å². The molecule has 1 atom stereocenters. The van der Waals surface area contributed by atoms with E-state index in [1.54, 1.807) is 27.9 Å². The van der Waals surface area contributed by atoms with Gasteiger partial charge in [-0.05, 0) is 37.5 Å². The molecule has 0 aliphatic carbocycles. The largest absolute Gasteiger partial charge is 0.368 e. The highest BCUT2D eigenvalue weighted by atomic mass is 35.5. The van der Waals surface area contributed by atoms with Crippen molar-refractivity contribution < 1.29 is 9.59 Å². The number of likely N-dealkylation sites (tertiary alicyclic amines) is 1. The Labute approximate surface area is 154 Å². The Morgan fingerprint density at radius 2 is 2.20 bits per heavy atom. The molecule has 0 unspecified atom stereocenters. The maximum absolute atomic E-state index is 12.5. The average molecular weight is 380 g/mol. The Hall–Kier alpha value is -2.06. The first-order valence-electron chi connectivity index (χ1n) is 7.94. The van der Waals surface area contributed by atoms with Crippen LogP contribution in [-0.2, 0) is 9.59 Å². The number of hydrogen-bond acceptors (Lipinski definition) is 5. The number of hydrogen-bond donors (Lipinski definition) is 1. The highest BCUT2D eigenvalue weighted by Crippen LogP contribution is 2.23. The Bertz CT molecular complexity index is 781. The summed E-state index contributed by atoms with van der Waals surface area (Å²) in [6.45, 7) is 0.563. The molecule has 2 aromatic rings. The summed E-state index contributed by atoms with van der Waals surface area (Å²) >= 11 is 7.30. The fourth-order valence-electron chi connectivity index (χ4n) is 2.86. The third-order valence-corrected chi connectivity index (χ3v) is 5.24. The number of nitrogens with two attached hydrogens (primary N) is 1. The maximum Gasteiger partial charge on any atom is 0.240 e. The number of rotatable bonds is 5. The number of thioether (sulfide) groups is 1. The minimum absolute atomic E-state index is 0.117. The van der Waals surface area contributed by atoms with Gasteiger partial charge in [0.25, 0.3) is 0 Å². The molecule has 0 bridgehead atoms. The molecular weight excluding hydrogens is 362 g/mol. The van der Waals surface area contributed by atoms with Crippen LogP contribution >= 0.6 is 23.4 Å². The van der Waals surface area contributed by atoms with Crippen molar-refractivity contribution in [1.29, 1.82) is 0 Å². The normalized spacial score (nSPS) is 17.5. The summed E-state index contributed by atoms with van der Waals surface area (Å²) in [5.41, 5.74) is 6.24. The van der Waals surface area contributed by atoms with Gasteiger partial charge >= 0.3 is 0 Å². The quantitative estimate of drug-likeness (QED) is 0.800. The first-order chi connectivity index (χ1) is 12.1. The molecule has 1 aliphatic heterocycles. The predicted octanol–water partition coefficient (Wildman–Crippen LogP) is 1.88. The number of piperidine rings is 1. The second-order valence-electron chi connectivity index (χ2n) is 5.75. The van der Waals surface area contributed by atoms with Crippen molar-refractivity contribution in [2.24, 2.45) is 5.73 Å². The maximum atomic E-state index is 12.5. The molecule has 1 aromatic carbocycles. The van der Waals surface area contributed by atoms with Crippen molar-refractivity contribution in [2.75, 3.05) is 12.3 Å². The van der Waals surface area contributed by atoms with Crippen molar-refractivity contribution in [3.63, 3.8) is 0 Å². The molecule has 1 aliphatic rings. The third-order valence-electron chi connectivity index (χ3n) is 4.08. The van der Waals surface area contributed by atoms with E-state index >= 15 is 0 Å². The van der Waals surface area contributed by atoms with E-state index in [1.807, 2.05) is 12.1 Å². The summed E-state index contributed by atoms with van der Waals surface area (Å²) in [5.74, 6) is -0.391. The summed E-state index contributed by atoms with van der Waals surface area (Å²) in [6, 6.07) is 6.79. The van der Waals surface area contributed by atoms with Gasteiger partial charge < -0.3 is 10.6 Å². The zero-order chi connectivity index (χ0) is 17.8. The van der Waals surface area contributed by atoms with Crippen molar-refractivity contribution >= 4 is 35.2 Å².